The molecule has 6 heteroatoms. The summed E-state index contributed by atoms with van der Waals surface area (Å²) in [7, 11) is 0. The molecular formula is C11H20F3NO2. The van der Waals surface area contributed by atoms with Crippen LogP contribution < -0.4 is 5.32 Å². The van der Waals surface area contributed by atoms with Crippen LogP contribution >= 0.6 is 0 Å². The van der Waals surface area contributed by atoms with Gasteiger partial charge in [-0.1, -0.05) is 13.8 Å². The summed E-state index contributed by atoms with van der Waals surface area (Å²) >= 11 is 0. The molecule has 0 aromatic rings. The fourth-order valence-electron chi connectivity index (χ4n) is 1.16. The van der Waals surface area contributed by atoms with Crippen molar-refractivity contribution in [3.63, 3.8) is 0 Å². The molecule has 0 aliphatic rings. The summed E-state index contributed by atoms with van der Waals surface area (Å²) in [4.78, 5) is 11.4. The minimum absolute atomic E-state index is 0.316. The maximum atomic E-state index is 12.3. The number of nitrogens with one attached hydrogen (secondary N) is 1. The molecule has 0 aromatic carbocycles. The van der Waals surface area contributed by atoms with Gasteiger partial charge >= 0.3 is 12.3 Å². The minimum atomic E-state index is -4.30. The summed E-state index contributed by atoms with van der Waals surface area (Å²) in [6, 6.07) is -0.968. The molecule has 0 rings (SSSR count). The Labute approximate surface area is 99.7 Å². The highest BCUT2D eigenvalue weighted by atomic mass is 19.4. The van der Waals surface area contributed by atoms with E-state index in [9.17, 15) is 18.0 Å². The monoisotopic (exact) mass is 255 g/mol. The second-order valence-electron chi connectivity index (χ2n) is 5.32. The Hall–Kier alpha value is -0.940. The van der Waals surface area contributed by atoms with Crippen molar-refractivity contribution >= 4 is 6.09 Å². The number of amides is 1. The molecule has 0 bridgehead atoms. The van der Waals surface area contributed by atoms with Gasteiger partial charge in [0.05, 0.1) is 6.42 Å². The second-order valence-corrected chi connectivity index (χ2v) is 5.32. The molecule has 0 aliphatic carbocycles. The van der Waals surface area contributed by atoms with Crippen LogP contribution in [0.1, 0.15) is 41.0 Å². The molecule has 0 aliphatic heterocycles. The normalized spacial score (nSPS) is 14.6. The maximum absolute atomic E-state index is 12.3. The van der Waals surface area contributed by atoms with Gasteiger partial charge < -0.3 is 10.1 Å². The van der Waals surface area contributed by atoms with E-state index in [-0.39, 0.29) is 5.92 Å². The van der Waals surface area contributed by atoms with E-state index in [2.05, 4.69) is 5.32 Å². The molecule has 0 heterocycles. The van der Waals surface area contributed by atoms with Crippen molar-refractivity contribution in [1.29, 1.82) is 0 Å². The quantitative estimate of drug-likeness (QED) is 0.838. The molecule has 0 saturated heterocycles. The van der Waals surface area contributed by atoms with Crippen LogP contribution in [-0.2, 0) is 4.74 Å². The highest BCUT2D eigenvalue weighted by Crippen LogP contribution is 2.24. The van der Waals surface area contributed by atoms with Crippen molar-refractivity contribution in [3.05, 3.63) is 0 Å². The first-order valence-electron chi connectivity index (χ1n) is 5.47. The lowest BCUT2D eigenvalue weighted by molar-refractivity contribution is -0.142. The molecule has 1 N–H and O–H groups in total. The van der Waals surface area contributed by atoms with Crippen molar-refractivity contribution in [2.45, 2.75) is 58.9 Å². The molecule has 102 valence electrons. The molecule has 1 amide bonds. The molecule has 0 saturated carbocycles. The van der Waals surface area contributed by atoms with Gasteiger partial charge in [0.25, 0.3) is 0 Å². The Kier molecular flexibility index (Phi) is 5.29. The van der Waals surface area contributed by atoms with E-state index >= 15 is 0 Å². The van der Waals surface area contributed by atoms with E-state index in [0.29, 0.717) is 0 Å². The second kappa shape index (κ2) is 5.60. The van der Waals surface area contributed by atoms with Crippen LogP contribution in [0.4, 0.5) is 18.0 Å². The number of halogens is 3. The zero-order valence-electron chi connectivity index (χ0n) is 10.8. The molecule has 1 atom stereocenters. The van der Waals surface area contributed by atoms with Crippen LogP contribution in [0.2, 0.25) is 0 Å². The lowest BCUT2D eigenvalue weighted by Crippen LogP contribution is -2.43. The third-order valence-corrected chi connectivity index (χ3v) is 1.96. The molecule has 0 aromatic heterocycles. The van der Waals surface area contributed by atoms with Gasteiger partial charge in [0.15, 0.2) is 0 Å². The summed E-state index contributed by atoms with van der Waals surface area (Å²) in [5, 5.41) is 2.25. The van der Waals surface area contributed by atoms with E-state index in [1.807, 2.05) is 0 Å². The van der Waals surface area contributed by atoms with Crippen molar-refractivity contribution in [3.8, 4) is 0 Å². The zero-order chi connectivity index (χ0) is 13.9. The molecule has 17 heavy (non-hydrogen) atoms. The van der Waals surface area contributed by atoms with Gasteiger partial charge in [-0.2, -0.15) is 13.2 Å². The van der Waals surface area contributed by atoms with E-state index in [0.717, 1.165) is 0 Å². The summed E-state index contributed by atoms with van der Waals surface area (Å²) < 4.78 is 41.7. The third kappa shape index (κ3) is 8.83. The fourth-order valence-corrected chi connectivity index (χ4v) is 1.16. The molecule has 0 fully saturated rings. The van der Waals surface area contributed by atoms with Gasteiger partial charge in [0.2, 0.25) is 0 Å². The minimum Gasteiger partial charge on any atom is -0.444 e. The summed E-state index contributed by atoms with van der Waals surface area (Å²) in [5.74, 6) is -0.316. The summed E-state index contributed by atoms with van der Waals surface area (Å²) in [5.41, 5.74) is -0.718. The third-order valence-electron chi connectivity index (χ3n) is 1.96. The number of alkyl carbamates (subject to hydrolysis) is 1. The molecule has 3 nitrogen and oxygen atoms in total. The lowest BCUT2D eigenvalue weighted by Gasteiger charge is -2.26. The molecule has 0 unspecified atom stereocenters. The Bertz CT molecular complexity index is 256. The van der Waals surface area contributed by atoms with Gasteiger partial charge in [0, 0.05) is 6.04 Å². The number of hydrogen-bond acceptors (Lipinski definition) is 2. The Morgan fingerprint density at radius 3 is 2.00 bits per heavy atom. The first kappa shape index (κ1) is 16.1. The molecule has 0 radical (unpaired) electrons. The van der Waals surface area contributed by atoms with Crippen LogP contribution in [0, 0.1) is 5.92 Å². The first-order valence-corrected chi connectivity index (χ1v) is 5.47. The Balaban J connectivity index is 4.41. The van der Waals surface area contributed by atoms with Gasteiger partial charge in [-0.25, -0.2) is 4.79 Å². The average Bonchev–Trinajstić information content (AvgIpc) is 1.95. The lowest BCUT2D eigenvalue weighted by atomic mass is 10.0. The Morgan fingerprint density at radius 1 is 1.24 bits per heavy atom. The number of carbonyl (C=O) groups excluding carboxylic acids is 1. The number of rotatable bonds is 3. The topological polar surface area (TPSA) is 38.3 Å². The number of hydrogen-bond donors (Lipinski definition) is 1. The van der Waals surface area contributed by atoms with Crippen molar-refractivity contribution in [2.24, 2.45) is 5.92 Å². The predicted molar refractivity (Wildman–Crippen MR) is 58.7 cm³/mol. The summed E-state index contributed by atoms with van der Waals surface area (Å²) in [6.45, 7) is 8.20. The van der Waals surface area contributed by atoms with Gasteiger partial charge in [-0.15, -0.1) is 0 Å². The van der Waals surface area contributed by atoms with Crippen LogP contribution in [0.15, 0.2) is 0 Å². The van der Waals surface area contributed by atoms with E-state index < -0.39 is 30.3 Å². The SMILES string of the molecule is CC(C)[C@@H](CC(F)(F)F)NC(=O)OC(C)(C)C. The van der Waals surface area contributed by atoms with Gasteiger partial charge in [0.1, 0.15) is 5.60 Å². The van der Waals surface area contributed by atoms with Crippen molar-refractivity contribution < 1.29 is 22.7 Å². The smallest absolute Gasteiger partial charge is 0.407 e. The largest absolute Gasteiger partial charge is 0.444 e. The van der Waals surface area contributed by atoms with Crippen LogP contribution in [0.25, 0.3) is 0 Å². The fraction of sp³-hybridized carbons (Fsp3) is 0.909. The first-order chi connectivity index (χ1) is 7.41. The van der Waals surface area contributed by atoms with Crippen molar-refractivity contribution in [2.75, 3.05) is 0 Å². The molecular weight excluding hydrogens is 235 g/mol. The van der Waals surface area contributed by atoms with Crippen LogP contribution in [0.3, 0.4) is 0 Å². The highest BCUT2D eigenvalue weighted by Gasteiger charge is 2.34. The summed E-state index contributed by atoms with van der Waals surface area (Å²) in [6.07, 6.45) is -6.17. The van der Waals surface area contributed by atoms with Crippen LogP contribution in [-0.4, -0.2) is 23.9 Å². The van der Waals surface area contributed by atoms with E-state index in [1.54, 1.807) is 34.6 Å². The van der Waals surface area contributed by atoms with E-state index in [1.165, 1.54) is 0 Å². The predicted octanol–water partition coefficient (Wildman–Crippen LogP) is 3.49. The maximum Gasteiger partial charge on any atom is 0.407 e. The molecule has 0 spiro atoms. The average molecular weight is 255 g/mol. The zero-order valence-corrected chi connectivity index (χ0v) is 10.8. The highest BCUT2D eigenvalue weighted by molar-refractivity contribution is 5.68. The van der Waals surface area contributed by atoms with Gasteiger partial charge in [-0.05, 0) is 26.7 Å². The Morgan fingerprint density at radius 2 is 1.71 bits per heavy atom. The number of alkyl halides is 3. The van der Waals surface area contributed by atoms with Gasteiger partial charge in [-0.3, -0.25) is 0 Å². The standard InChI is InChI=1S/C11H20F3NO2/c1-7(2)8(6-11(12,13)14)15-9(16)17-10(3,4)5/h7-8H,6H2,1-5H3,(H,15,16)/t8-/m1/s1. The number of ether oxygens (including phenoxy) is 1. The van der Waals surface area contributed by atoms with Crippen molar-refractivity contribution in [1.82, 2.24) is 5.32 Å². The van der Waals surface area contributed by atoms with Crippen LogP contribution in [0.5, 0.6) is 0 Å². The van der Waals surface area contributed by atoms with E-state index in [4.69, 9.17) is 4.74 Å². The number of carbonyl (C=O) groups is 1.